The number of allylic oxidation sites excluding steroid dienone is 4. The zero-order valence-electron chi connectivity index (χ0n) is 17.1. The fourth-order valence-corrected chi connectivity index (χ4v) is 2.99. The Hall–Kier alpha value is -3.32. The van der Waals surface area contributed by atoms with Crippen molar-refractivity contribution in [3.05, 3.63) is 115 Å². The number of aryl methyl sites for hydroxylation is 1. The maximum atomic E-state index is 5.76. The van der Waals surface area contributed by atoms with Crippen LogP contribution in [0.2, 0.25) is 0 Å². The lowest BCUT2D eigenvalue weighted by Crippen LogP contribution is -1.87. The molecular weight excluding hydrogens is 338 g/mol. The second kappa shape index (κ2) is 10.1. The smallest absolute Gasteiger partial charge is 0.0314 e. The first-order chi connectivity index (χ1) is 13.5. The van der Waals surface area contributed by atoms with E-state index in [9.17, 15) is 0 Å². The predicted molar refractivity (Wildman–Crippen MR) is 126 cm³/mol. The Morgan fingerprint density at radius 2 is 1.36 bits per heavy atom. The average Bonchev–Trinajstić information content (AvgIpc) is 2.69. The van der Waals surface area contributed by atoms with E-state index >= 15 is 0 Å². The van der Waals surface area contributed by atoms with Crippen molar-refractivity contribution in [3.63, 3.8) is 0 Å². The maximum absolute atomic E-state index is 5.76. The molecule has 0 unspecified atom stereocenters. The number of hydrogen-bond acceptors (Lipinski definition) is 1. The third-order valence-corrected chi connectivity index (χ3v) is 4.46. The number of nitrogen functional groups attached to an aromatic ring is 1. The van der Waals surface area contributed by atoms with E-state index in [4.69, 9.17) is 5.73 Å². The molecule has 3 aromatic rings. The van der Waals surface area contributed by atoms with Gasteiger partial charge < -0.3 is 5.73 Å². The lowest BCUT2D eigenvalue weighted by Gasteiger charge is -2.09. The molecular formula is C27H29N. The monoisotopic (exact) mass is 367 g/mol. The summed E-state index contributed by atoms with van der Waals surface area (Å²) < 4.78 is 0. The van der Waals surface area contributed by atoms with Gasteiger partial charge in [0.2, 0.25) is 0 Å². The van der Waals surface area contributed by atoms with Crippen LogP contribution in [0.5, 0.6) is 0 Å². The molecule has 1 nitrogen and oxygen atoms in total. The first kappa shape index (κ1) is 21.0. The molecule has 0 amide bonds. The zero-order chi connectivity index (χ0) is 20.5. The summed E-state index contributed by atoms with van der Waals surface area (Å²) in [6.45, 7) is 13.8. The number of hydrogen-bond donors (Lipinski definition) is 1. The lowest BCUT2D eigenvalue weighted by molar-refractivity contribution is 1.41. The summed E-state index contributed by atoms with van der Waals surface area (Å²) >= 11 is 0. The summed E-state index contributed by atoms with van der Waals surface area (Å²) in [7, 11) is 0. The molecule has 142 valence electrons. The van der Waals surface area contributed by atoms with Crippen molar-refractivity contribution in [3.8, 4) is 11.1 Å². The highest BCUT2D eigenvalue weighted by molar-refractivity contribution is 5.83. The van der Waals surface area contributed by atoms with Gasteiger partial charge in [0.05, 0.1) is 0 Å². The highest BCUT2D eigenvalue weighted by atomic mass is 14.5. The molecule has 3 aromatic carbocycles. The van der Waals surface area contributed by atoms with Gasteiger partial charge in [0.25, 0.3) is 0 Å². The Bertz CT molecular complexity index is 958. The van der Waals surface area contributed by atoms with Crippen LogP contribution < -0.4 is 5.73 Å². The number of benzene rings is 3. The van der Waals surface area contributed by atoms with Crippen LogP contribution in [0.15, 0.2) is 98.1 Å². The third-order valence-electron chi connectivity index (χ3n) is 4.46. The van der Waals surface area contributed by atoms with E-state index in [1.807, 2.05) is 31.2 Å². The van der Waals surface area contributed by atoms with Gasteiger partial charge in [-0.05, 0) is 71.9 Å². The second-order valence-electron chi connectivity index (χ2n) is 6.78. The van der Waals surface area contributed by atoms with Gasteiger partial charge in [0, 0.05) is 5.69 Å². The van der Waals surface area contributed by atoms with E-state index in [2.05, 4.69) is 81.6 Å². The van der Waals surface area contributed by atoms with E-state index < -0.39 is 0 Å². The highest BCUT2D eigenvalue weighted by Crippen LogP contribution is 2.26. The fourth-order valence-electron chi connectivity index (χ4n) is 2.99. The summed E-state index contributed by atoms with van der Waals surface area (Å²) in [6, 6.07) is 24.9. The van der Waals surface area contributed by atoms with Crippen LogP contribution >= 0.6 is 0 Å². The van der Waals surface area contributed by atoms with E-state index in [-0.39, 0.29) is 0 Å². The van der Waals surface area contributed by atoms with Gasteiger partial charge in [-0.1, -0.05) is 79.4 Å². The zero-order valence-corrected chi connectivity index (χ0v) is 17.1. The molecule has 0 saturated heterocycles. The van der Waals surface area contributed by atoms with Crippen molar-refractivity contribution < 1.29 is 0 Å². The van der Waals surface area contributed by atoms with Gasteiger partial charge in [0.1, 0.15) is 0 Å². The fraction of sp³-hybridized carbons (Fsp3) is 0.111. The quantitative estimate of drug-likeness (QED) is 0.287. The Morgan fingerprint density at radius 1 is 0.857 bits per heavy atom. The molecule has 0 bridgehead atoms. The Kier molecular flexibility index (Phi) is 7.59. The Labute approximate surface area is 169 Å². The van der Waals surface area contributed by atoms with Crippen molar-refractivity contribution >= 4 is 16.8 Å². The number of anilines is 1. The van der Waals surface area contributed by atoms with Gasteiger partial charge in [-0.2, -0.15) is 0 Å². The van der Waals surface area contributed by atoms with Crippen molar-refractivity contribution in [2.24, 2.45) is 0 Å². The third kappa shape index (κ3) is 5.59. The Balaban J connectivity index is 0.000000878. The van der Waals surface area contributed by atoms with Crippen LogP contribution in [0.1, 0.15) is 30.5 Å². The van der Waals surface area contributed by atoms with Crippen LogP contribution in [0.3, 0.4) is 0 Å². The topological polar surface area (TPSA) is 26.0 Å². The number of rotatable bonds is 4. The standard InChI is InChI=1S/C24H23N.C3H6/c1-17-6-4-5-7-24(17)19(3)16-18(2)20-8-10-21(11-9-20)22-12-14-23(25)15-13-22;1-3-2/h4-16H,2,25H2,1,3H3;3H,1H2,2H3/b19-16-;. The summed E-state index contributed by atoms with van der Waals surface area (Å²) in [5, 5.41) is 0. The largest absolute Gasteiger partial charge is 0.399 e. The van der Waals surface area contributed by atoms with E-state index in [0.29, 0.717) is 0 Å². The van der Waals surface area contributed by atoms with Gasteiger partial charge in [-0.3, -0.25) is 0 Å². The van der Waals surface area contributed by atoms with Crippen molar-refractivity contribution in [2.75, 3.05) is 5.73 Å². The van der Waals surface area contributed by atoms with Crippen molar-refractivity contribution in [1.82, 2.24) is 0 Å². The van der Waals surface area contributed by atoms with Crippen LogP contribution in [0.4, 0.5) is 5.69 Å². The molecule has 0 heterocycles. The van der Waals surface area contributed by atoms with E-state index in [1.165, 1.54) is 22.3 Å². The van der Waals surface area contributed by atoms with E-state index in [1.54, 1.807) is 6.08 Å². The maximum Gasteiger partial charge on any atom is 0.0314 e. The van der Waals surface area contributed by atoms with Crippen LogP contribution in [0.25, 0.3) is 22.3 Å². The molecule has 0 aliphatic rings. The molecule has 0 aliphatic carbocycles. The van der Waals surface area contributed by atoms with Crippen molar-refractivity contribution in [1.29, 1.82) is 0 Å². The summed E-state index contributed by atoms with van der Waals surface area (Å²) in [4.78, 5) is 0. The molecule has 0 saturated carbocycles. The molecule has 0 aromatic heterocycles. The Morgan fingerprint density at radius 3 is 1.89 bits per heavy atom. The molecule has 0 spiro atoms. The summed E-state index contributed by atoms with van der Waals surface area (Å²) in [5.74, 6) is 0. The molecule has 0 radical (unpaired) electrons. The van der Waals surface area contributed by atoms with E-state index in [0.717, 1.165) is 22.4 Å². The molecule has 1 heteroatoms. The second-order valence-corrected chi connectivity index (χ2v) is 6.78. The van der Waals surface area contributed by atoms with Gasteiger partial charge in [0.15, 0.2) is 0 Å². The normalized spacial score (nSPS) is 10.6. The first-order valence-corrected chi connectivity index (χ1v) is 9.43. The van der Waals surface area contributed by atoms with Crippen LogP contribution in [-0.2, 0) is 0 Å². The molecule has 0 fully saturated rings. The summed E-state index contributed by atoms with van der Waals surface area (Å²) in [6.07, 6.45) is 3.90. The average molecular weight is 368 g/mol. The highest BCUT2D eigenvalue weighted by Gasteiger charge is 2.03. The number of nitrogens with two attached hydrogens (primary N) is 1. The molecule has 2 N–H and O–H groups in total. The SMILES string of the molecule is C=C(/C=C(/C)c1ccccc1C)c1ccc(-c2ccc(N)cc2)cc1.C=CC. The molecule has 3 rings (SSSR count). The van der Waals surface area contributed by atoms with Crippen LogP contribution in [-0.4, -0.2) is 0 Å². The van der Waals surface area contributed by atoms with Gasteiger partial charge >= 0.3 is 0 Å². The predicted octanol–water partition coefficient (Wildman–Crippen LogP) is 7.55. The minimum absolute atomic E-state index is 0.783. The molecule has 0 atom stereocenters. The summed E-state index contributed by atoms with van der Waals surface area (Å²) in [5.41, 5.74) is 14.8. The van der Waals surface area contributed by atoms with Crippen LogP contribution in [0, 0.1) is 6.92 Å². The van der Waals surface area contributed by atoms with Crippen molar-refractivity contribution in [2.45, 2.75) is 20.8 Å². The first-order valence-electron chi connectivity index (χ1n) is 9.43. The minimum Gasteiger partial charge on any atom is -0.399 e. The van der Waals surface area contributed by atoms with Gasteiger partial charge in [-0.25, -0.2) is 0 Å². The lowest BCUT2D eigenvalue weighted by atomic mass is 9.96. The van der Waals surface area contributed by atoms with Gasteiger partial charge in [-0.15, -0.1) is 6.58 Å². The minimum atomic E-state index is 0.783. The molecule has 28 heavy (non-hydrogen) atoms. The molecule has 0 aliphatic heterocycles.